The van der Waals surface area contributed by atoms with Gasteiger partial charge in [0.2, 0.25) is 0 Å². The van der Waals surface area contributed by atoms with Crippen molar-refractivity contribution in [3.8, 4) is 0 Å². The van der Waals surface area contributed by atoms with Gasteiger partial charge in [-0.1, -0.05) is 6.07 Å². The zero-order chi connectivity index (χ0) is 12.5. The molecule has 0 saturated heterocycles. The molecule has 0 saturated carbocycles. The lowest BCUT2D eigenvalue weighted by molar-refractivity contribution is 1.23. The minimum atomic E-state index is 0.865. The Morgan fingerprint density at radius 3 is 2.78 bits per heavy atom. The second kappa shape index (κ2) is 4.38. The maximum absolute atomic E-state index is 4.31. The largest absolute Gasteiger partial charge is 0.340 e. The SMILES string of the molecule is Cc1ccc(Nc2ncnc3sccc23)cc1C. The summed E-state index contributed by atoms with van der Waals surface area (Å²) in [5.41, 5.74) is 3.63. The molecule has 0 atom stereocenters. The summed E-state index contributed by atoms with van der Waals surface area (Å²) in [6, 6.07) is 8.37. The quantitative estimate of drug-likeness (QED) is 0.750. The van der Waals surface area contributed by atoms with Crippen molar-refractivity contribution in [3.63, 3.8) is 0 Å². The van der Waals surface area contributed by atoms with Gasteiger partial charge < -0.3 is 5.32 Å². The average molecular weight is 255 g/mol. The van der Waals surface area contributed by atoms with Gasteiger partial charge in [0.1, 0.15) is 17.0 Å². The Hall–Kier alpha value is -1.94. The molecule has 0 aliphatic carbocycles. The van der Waals surface area contributed by atoms with Crippen LogP contribution in [0.15, 0.2) is 36.0 Å². The van der Waals surface area contributed by atoms with Crippen LogP contribution in [0.1, 0.15) is 11.1 Å². The summed E-state index contributed by atoms with van der Waals surface area (Å²) in [6.07, 6.45) is 1.60. The van der Waals surface area contributed by atoms with E-state index in [9.17, 15) is 0 Å². The van der Waals surface area contributed by atoms with Crippen molar-refractivity contribution in [1.29, 1.82) is 0 Å². The second-order valence-electron chi connectivity index (χ2n) is 4.29. The number of benzene rings is 1. The molecule has 0 fully saturated rings. The molecule has 1 N–H and O–H groups in total. The zero-order valence-electron chi connectivity index (χ0n) is 10.3. The minimum Gasteiger partial charge on any atom is -0.340 e. The van der Waals surface area contributed by atoms with Crippen molar-refractivity contribution >= 4 is 33.1 Å². The van der Waals surface area contributed by atoms with E-state index in [2.05, 4.69) is 47.3 Å². The predicted octanol–water partition coefficient (Wildman–Crippen LogP) is 4.05. The van der Waals surface area contributed by atoms with E-state index in [-0.39, 0.29) is 0 Å². The summed E-state index contributed by atoms with van der Waals surface area (Å²) in [5, 5.41) is 6.46. The monoisotopic (exact) mass is 255 g/mol. The third-order valence-electron chi connectivity index (χ3n) is 3.03. The molecule has 0 spiro atoms. The summed E-state index contributed by atoms with van der Waals surface area (Å²) in [4.78, 5) is 9.56. The van der Waals surface area contributed by atoms with Gasteiger partial charge in [-0.2, -0.15) is 0 Å². The van der Waals surface area contributed by atoms with E-state index in [0.717, 1.165) is 21.7 Å². The Labute approximate surface area is 110 Å². The number of aryl methyl sites for hydroxylation is 2. The highest BCUT2D eigenvalue weighted by Crippen LogP contribution is 2.26. The van der Waals surface area contributed by atoms with Gasteiger partial charge in [0.25, 0.3) is 0 Å². The smallest absolute Gasteiger partial charge is 0.142 e. The van der Waals surface area contributed by atoms with E-state index >= 15 is 0 Å². The number of hydrogen-bond acceptors (Lipinski definition) is 4. The Balaban J connectivity index is 2.01. The van der Waals surface area contributed by atoms with Crippen molar-refractivity contribution in [1.82, 2.24) is 9.97 Å². The van der Waals surface area contributed by atoms with Crippen LogP contribution in [0.2, 0.25) is 0 Å². The van der Waals surface area contributed by atoms with Crippen LogP contribution < -0.4 is 5.32 Å². The third kappa shape index (κ3) is 1.95. The lowest BCUT2D eigenvalue weighted by atomic mass is 10.1. The number of hydrogen-bond donors (Lipinski definition) is 1. The first-order chi connectivity index (χ1) is 8.74. The van der Waals surface area contributed by atoms with Gasteiger partial charge in [-0.3, -0.25) is 0 Å². The highest BCUT2D eigenvalue weighted by atomic mass is 32.1. The molecule has 4 heteroatoms. The molecule has 90 valence electrons. The summed E-state index contributed by atoms with van der Waals surface area (Å²) in [7, 11) is 0. The molecule has 0 aliphatic heterocycles. The second-order valence-corrected chi connectivity index (χ2v) is 5.18. The molecule has 2 aromatic heterocycles. The zero-order valence-corrected chi connectivity index (χ0v) is 11.1. The molecule has 0 bridgehead atoms. The number of nitrogens with zero attached hydrogens (tertiary/aromatic N) is 2. The fourth-order valence-electron chi connectivity index (χ4n) is 1.85. The summed E-state index contributed by atoms with van der Waals surface area (Å²) in [5.74, 6) is 0.865. The van der Waals surface area contributed by atoms with Gasteiger partial charge in [-0.05, 0) is 48.6 Å². The molecular formula is C14H13N3S. The molecule has 0 amide bonds. The molecule has 3 rings (SSSR count). The summed E-state index contributed by atoms with van der Waals surface area (Å²) in [6.45, 7) is 4.22. The van der Waals surface area contributed by atoms with E-state index in [0.29, 0.717) is 0 Å². The molecular weight excluding hydrogens is 242 g/mol. The fourth-order valence-corrected chi connectivity index (χ4v) is 2.58. The number of anilines is 2. The third-order valence-corrected chi connectivity index (χ3v) is 3.85. The van der Waals surface area contributed by atoms with Crippen LogP contribution >= 0.6 is 11.3 Å². The average Bonchev–Trinajstić information content (AvgIpc) is 2.83. The van der Waals surface area contributed by atoms with Gasteiger partial charge in [0.05, 0.1) is 5.39 Å². The van der Waals surface area contributed by atoms with Crippen molar-refractivity contribution in [2.45, 2.75) is 13.8 Å². The van der Waals surface area contributed by atoms with Crippen LogP contribution in [0.3, 0.4) is 0 Å². The van der Waals surface area contributed by atoms with E-state index in [1.165, 1.54) is 11.1 Å². The molecule has 0 unspecified atom stereocenters. The van der Waals surface area contributed by atoms with Crippen LogP contribution in [0.4, 0.5) is 11.5 Å². The molecule has 3 nitrogen and oxygen atoms in total. The van der Waals surface area contributed by atoms with E-state index in [1.54, 1.807) is 17.7 Å². The van der Waals surface area contributed by atoms with Crippen LogP contribution in [0, 0.1) is 13.8 Å². The first-order valence-electron chi connectivity index (χ1n) is 5.76. The highest BCUT2D eigenvalue weighted by Gasteiger charge is 2.05. The van der Waals surface area contributed by atoms with Crippen LogP contribution in [0.5, 0.6) is 0 Å². The molecule has 3 aromatic rings. The van der Waals surface area contributed by atoms with Crippen LogP contribution in [0.25, 0.3) is 10.2 Å². The van der Waals surface area contributed by atoms with Gasteiger partial charge in [-0.15, -0.1) is 11.3 Å². The Morgan fingerprint density at radius 1 is 1.06 bits per heavy atom. The number of thiophene rings is 1. The first kappa shape index (κ1) is 11.2. The van der Waals surface area contributed by atoms with Crippen molar-refractivity contribution < 1.29 is 0 Å². The van der Waals surface area contributed by atoms with Crippen molar-refractivity contribution in [3.05, 3.63) is 47.1 Å². The maximum Gasteiger partial charge on any atom is 0.142 e. The predicted molar refractivity (Wildman–Crippen MR) is 76.6 cm³/mol. The lowest BCUT2D eigenvalue weighted by Crippen LogP contribution is -1.95. The summed E-state index contributed by atoms with van der Waals surface area (Å²) < 4.78 is 0. The summed E-state index contributed by atoms with van der Waals surface area (Å²) >= 11 is 1.63. The van der Waals surface area contributed by atoms with Crippen molar-refractivity contribution in [2.75, 3.05) is 5.32 Å². The molecule has 18 heavy (non-hydrogen) atoms. The lowest BCUT2D eigenvalue weighted by Gasteiger charge is -2.08. The Bertz CT molecular complexity index is 703. The minimum absolute atomic E-state index is 0.865. The normalized spacial score (nSPS) is 10.8. The molecule has 0 radical (unpaired) electrons. The van der Waals surface area contributed by atoms with Gasteiger partial charge in [0.15, 0.2) is 0 Å². The standard InChI is InChI=1S/C14H13N3S/c1-9-3-4-11(7-10(9)2)17-13-12-5-6-18-14(12)16-8-15-13/h3-8H,1-2H3,(H,15,16,17). The highest BCUT2D eigenvalue weighted by molar-refractivity contribution is 7.16. The number of nitrogens with one attached hydrogen (secondary N) is 1. The van der Waals surface area contributed by atoms with Crippen molar-refractivity contribution in [2.24, 2.45) is 0 Å². The fraction of sp³-hybridized carbons (Fsp3) is 0.143. The topological polar surface area (TPSA) is 37.8 Å². The number of rotatable bonds is 2. The maximum atomic E-state index is 4.31. The van der Waals surface area contributed by atoms with Crippen LogP contribution in [-0.4, -0.2) is 9.97 Å². The van der Waals surface area contributed by atoms with Crippen LogP contribution in [-0.2, 0) is 0 Å². The molecule has 0 aliphatic rings. The molecule has 1 aromatic carbocycles. The Morgan fingerprint density at radius 2 is 1.94 bits per heavy atom. The van der Waals surface area contributed by atoms with E-state index in [4.69, 9.17) is 0 Å². The van der Waals surface area contributed by atoms with Gasteiger partial charge in [0, 0.05) is 5.69 Å². The van der Waals surface area contributed by atoms with Gasteiger partial charge in [-0.25, -0.2) is 9.97 Å². The number of fused-ring (bicyclic) bond motifs is 1. The van der Waals surface area contributed by atoms with E-state index < -0.39 is 0 Å². The number of aromatic nitrogens is 2. The first-order valence-corrected chi connectivity index (χ1v) is 6.64. The Kier molecular flexibility index (Phi) is 2.72. The van der Waals surface area contributed by atoms with Gasteiger partial charge >= 0.3 is 0 Å². The molecule has 2 heterocycles. The van der Waals surface area contributed by atoms with E-state index in [1.807, 2.05) is 11.4 Å².